The number of amides is 2. The highest BCUT2D eigenvalue weighted by Crippen LogP contribution is 2.13. The van der Waals surface area contributed by atoms with Crippen molar-refractivity contribution in [2.45, 2.75) is 18.9 Å². The molecule has 1 aliphatic heterocycles. The number of hydrogen-bond acceptors (Lipinski definition) is 4. The van der Waals surface area contributed by atoms with Gasteiger partial charge in [0.2, 0.25) is 0 Å². The molecular weight excluding hydrogens is 240 g/mol. The second kappa shape index (κ2) is 7.88. The van der Waals surface area contributed by atoms with E-state index >= 15 is 0 Å². The summed E-state index contributed by atoms with van der Waals surface area (Å²) in [5, 5.41) is 14.2. The first-order valence-corrected chi connectivity index (χ1v) is 5.99. The Labute approximate surface area is 106 Å². The third-order valence-corrected chi connectivity index (χ3v) is 2.78. The van der Waals surface area contributed by atoms with E-state index in [1.54, 1.807) is 7.11 Å². The summed E-state index contributed by atoms with van der Waals surface area (Å²) in [5.74, 6) is -1.61. The molecule has 0 aliphatic carbocycles. The van der Waals surface area contributed by atoms with Gasteiger partial charge in [-0.2, -0.15) is 0 Å². The lowest BCUT2D eigenvalue weighted by Gasteiger charge is -2.16. The molecule has 1 aliphatic rings. The zero-order valence-electron chi connectivity index (χ0n) is 10.5. The molecule has 2 amide bonds. The fourth-order valence-corrected chi connectivity index (χ4v) is 1.73. The zero-order chi connectivity index (χ0) is 13.4. The number of ether oxygens (including phenoxy) is 2. The predicted molar refractivity (Wildman–Crippen MR) is 63.4 cm³/mol. The first-order chi connectivity index (χ1) is 8.65. The number of rotatable bonds is 7. The van der Waals surface area contributed by atoms with Crippen molar-refractivity contribution >= 4 is 12.0 Å². The van der Waals surface area contributed by atoms with Crippen LogP contribution in [-0.2, 0) is 14.3 Å². The fourth-order valence-electron chi connectivity index (χ4n) is 1.73. The van der Waals surface area contributed by atoms with Crippen LogP contribution in [0.3, 0.4) is 0 Å². The van der Waals surface area contributed by atoms with Crippen molar-refractivity contribution in [2.75, 3.05) is 33.5 Å². The number of carboxylic acid groups (broad SMARTS) is 1. The molecule has 0 radical (unpaired) electrons. The maximum absolute atomic E-state index is 11.5. The highest BCUT2D eigenvalue weighted by atomic mass is 16.5. The van der Waals surface area contributed by atoms with Gasteiger partial charge in [-0.1, -0.05) is 0 Å². The van der Waals surface area contributed by atoms with Crippen molar-refractivity contribution in [2.24, 2.45) is 5.92 Å². The molecule has 3 N–H and O–H groups in total. The Hall–Kier alpha value is -1.34. The van der Waals surface area contributed by atoms with Crippen LogP contribution in [0.1, 0.15) is 12.8 Å². The topological polar surface area (TPSA) is 96.9 Å². The Kier molecular flexibility index (Phi) is 6.45. The molecule has 1 saturated heterocycles. The first kappa shape index (κ1) is 14.7. The summed E-state index contributed by atoms with van der Waals surface area (Å²) in [5.41, 5.74) is 0. The summed E-state index contributed by atoms with van der Waals surface area (Å²) in [6.45, 7) is 1.60. The summed E-state index contributed by atoms with van der Waals surface area (Å²) in [6.07, 6.45) is 1.70. The van der Waals surface area contributed by atoms with Crippen LogP contribution >= 0.6 is 0 Å². The Morgan fingerprint density at radius 1 is 1.39 bits per heavy atom. The number of unbranched alkanes of at least 4 members (excludes halogenated alkanes) is 1. The number of aliphatic carboxylic acids is 1. The van der Waals surface area contributed by atoms with E-state index < -0.39 is 17.9 Å². The maximum atomic E-state index is 11.5. The average molecular weight is 260 g/mol. The molecular formula is C11H20N2O5. The van der Waals surface area contributed by atoms with Crippen molar-refractivity contribution < 1.29 is 24.2 Å². The molecule has 0 bridgehead atoms. The van der Waals surface area contributed by atoms with Gasteiger partial charge >= 0.3 is 12.0 Å². The second-order valence-corrected chi connectivity index (χ2v) is 4.19. The Bertz CT molecular complexity index is 285. The van der Waals surface area contributed by atoms with E-state index in [0.29, 0.717) is 13.2 Å². The largest absolute Gasteiger partial charge is 0.481 e. The lowest BCUT2D eigenvalue weighted by molar-refractivity contribution is -0.142. The van der Waals surface area contributed by atoms with Crippen molar-refractivity contribution in [1.29, 1.82) is 0 Å². The number of carbonyl (C=O) groups excluding carboxylic acids is 1. The van der Waals surface area contributed by atoms with Gasteiger partial charge in [0.05, 0.1) is 19.3 Å². The molecule has 18 heavy (non-hydrogen) atoms. The van der Waals surface area contributed by atoms with E-state index in [1.165, 1.54) is 0 Å². The van der Waals surface area contributed by atoms with Gasteiger partial charge in [0, 0.05) is 20.3 Å². The Morgan fingerprint density at radius 3 is 2.83 bits per heavy atom. The van der Waals surface area contributed by atoms with E-state index in [0.717, 1.165) is 12.8 Å². The van der Waals surface area contributed by atoms with Gasteiger partial charge < -0.3 is 25.2 Å². The molecule has 0 aromatic heterocycles. The zero-order valence-corrected chi connectivity index (χ0v) is 10.5. The molecule has 7 heteroatoms. The summed E-state index contributed by atoms with van der Waals surface area (Å²) < 4.78 is 9.94. The highest BCUT2D eigenvalue weighted by Gasteiger charge is 2.34. The van der Waals surface area contributed by atoms with Gasteiger partial charge in [0.1, 0.15) is 5.92 Å². The minimum absolute atomic E-state index is 0.147. The fraction of sp³-hybridized carbons (Fsp3) is 0.818. The number of carbonyl (C=O) groups is 2. The number of nitrogens with one attached hydrogen (secondary N) is 2. The van der Waals surface area contributed by atoms with Crippen LogP contribution < -0.4 is 10.6 Å². The third kappa shape index (κ3) is 4.89. The standard InChI is InChI=1S/C11H20N2O5/c1-17-5-3-2-4-12-11(16)13-9-7-18-6-8(9)10(14)15/h8-9H,2-7H2,1H3,(H,14,15)(H2,12,13,16). The molecule has 104 valence electrons. The van der Waals surface area contributed by atoms with E-state index in [9.17, 15) is 9.59 Å². The predicted octanol–water partition coefficient (Wildman–Crippen LogP) is -0.188. The van der Waals surface area contributed by atoms with Crippen molar-refractivity contribution in [3.8, 4) is 0 Å². The number of carboxylic acids is 1. The minimum Gasteiger partial charge on any atom is -0.481 e. The SMILES string of the molecule is COCCCCNC(=O)NC1COCC1C(=O)O. The van der Waals surface area contributed by atoms with Gasteiger partial charge in [-0.05, 0) is 12.8 Å². The van der Waals surface area contributed by atoms with Crippen LogP contribution in [0.4, 0.5) is 4.79 Å². The van der Waals surface area contributed by atoms with E-state index in [1.807, 2.05) is 0 Å². The Morgan fingerprint density at radius 2 is 2.17 bits per heavy atom. The summed E-state index contributed by atoms with van der Waals surface area (Å²) in [6, 6.07) is -0.810. The smallest absolute Gasteiger partial charge is 0.315 e. The average Bonchev–Trinajstić information content (AvgIpc) is 2.77. The lowest BCUT2D eigenvalue weighted by Crippen LogP contribution is -2.47. The number of hydrogen-bond donors (Lipinski definition) is 3. The highest BCUT2D eigenvalue weighted by molar-refractivity contribution is 5.77. The van der Waals surface area contributed by atoms with Gasteiger partial charge in [-0.3, -0.25) is 4.79 Å². The molecule has 0 spiro atoms. The van der Waals surface area contributed by atoms with Crippen molar-refractivity contribution in [3.63, 3.8) is 0 Å². The first-order valence-electron chi connectivity index (χ1n) is 5.99. The third-order valence-electron chi connectivity index (χ3n) is 2.78. The molecule has 2 atom stereocenters. The summed E-state index contributed by atoms with van der Waals surface area (Å²) >= 11 is 0. The molecule has 7 nitrogen and oxygen atoms in total. The summed E-state index contributed by atoms with van der Waals surface area (Å²) in [4.78, 5) is 22.4. The van der Waals surface area contributed by atoms with Gasteiger partial charge in [0.15, 0.2) is 0 Å². The summed E-state index contributed by atoms with van der Waals surface area (Å²) in [7, 11) is 1.63. The quantitative estimate of drug-likeness (QED) is 0.551. The van der Waals surface area contributed by atoms with Crippen LogP contribution in [0.2, 0.25) is 0 Å². The van der Waals surface area contributed by atoms with Crippen LogP contribution in [-0.4, -0.2) is 56.6 Å². The van der Waals surface area contributed by atoms with Crippen molar-refractivity contribution in [1.82, 2.24) is 10.6 Å². The van der Waals surface area contributed by atoms with E-state index in [2.05, 4.69) is 10.6 Å². The molecule has 0 aromatic carbocycles. The maximum Gasteiger partial charge on any atom is 0.315 e. The molecule has 0 aromatic rings. The van der Waals surface area contributed by atoms with Crippen LogP contribution in [0.5, 0.6) is 0 Å². The molecule has 1 fully saturated rings. The lowest BCUT2D eigenvalue weighted by atomic mass is 10.0. The van der Waals surface area contributed by atoms with Crippen LogP contribution in [0.15, 0.2) is 0 Å². The van der Waals surface area contributed by atoms with E-state index in [4.69, 9.17) is 14.6 Å². The van der Waals surface area contributed by atoms with Gasteiger partial charge in [-0.15, -0.1) is 0 Å². The normalized spacial score (nSPS) is 22.7. The Balaban J connectivity index is 2.17. The second-order valence-electron chi connectivity index (χ2n) is 4.19. The monoisotopic (exact) mass is 260 g/mol. The van der Waals surface area contributed by atoms with Crippen molar-refractivity contribution in [3.05, 3.63) is 0 Å². The molecule has 0 saturated carbocycles. The van der Waals surface area contributed by atoms with Gasteiger partial charge in [-0.25, -0.2) is 4.79 Å². The van der Waals surface area contributed by atoms with Gasteiger partial charge in [0.25, 0.3) is 0 Å². The van der Waals surface area contributed by atoms with Crippen LogP contribution in [0, 0.1) is 5.92 Å². The number of methoxy groups -OCH3 is 1. The van der Waals surface area contributed by atoms with E-state index in [-0.39, 0.29) is 19.2 Å². The number of urea groups is 1. The minimum atomic E-state index is -0.946. The molecule has 1 heterocycles. The van der Waals surface area contributed by atoms with Crippen LogP contribution in [0.25, 0.3) is 0 Å². The molecule has 1 rings (SSSR count). The molecule has 2 unspecified atom stereocenters.